The first-order chi connectivity index (χ1) is 9.78. The topological polar surface area (TPSA) is 49.8 Å². The van der Waals surface area contributed by atoms with Crippen LogP contribution in [-0.2, 0) is 0 Å². The number of aromatic nitrogens is 2. The van der Waals surface area contributed by atoms with E-state index in [1.807, 2.05) is 49.5 Å². The third-order valence-electron chi connectivity index (χ3n) is 3.23. The van der Waals surface area contributed by atoms with Crippen molar-refractivity contribution < 1.29 is 0 Å². The van der Waals surface area contributed by atoms with Gasteiger partial charge in [-0.1, -0.05) is 30.3 Å². The number of anilines is 3. The Kier molecular flexibility index (Phi) is 4.60. The van der Waals surface area contributed by atoms with Crippen molar-refractivity contribution in [1.29, 1.82) is 0 Å². The van der Waals surface area contributed by atoms with Gasteiger partial charge in [-0.15, -0.1) is 12.4 Å². The van der Waals surface area contributed by atoms with E-state index in [4.69, 9.17) is 0 Å². The molecule has 1 aromatic heterocycles. The first-order valence-electron chi connectivity index (χ1n) is 6.55. The Bertz CT molecular complexity index is 758. The van der Waals surface area contributed by atoms with Crippen molar-refractivity contribution in [3.05, 3.63) is 54.1 Å². The molecule has 0 aliphatic carbocycles. The Balaban J connectivity index is 0.00000161. The van der Waals surface area contributed by atoms with Crippen LogP contribution in [0.4, 0.5) is 17.5 Å². The fourth-order valence-electron chi connectivity index (χ4n) is 2.16. The molecule has 0 aliphatic heterocycles. The van der Waals surface area contributed by atoms with Crippen LogP contribution in [0.5, 0.6) is 0 Å². The number of nitrogens with one attached hydrogen (secondary N) is 2. The molecule has 2 N–H and O–H groups in total. The quantitative estimate of drug-likeness (QED) is 0.763. The van der Waals surface area contributed by atoms with Crippen LogP contribution < -0.4 is 10.6 Å². The van der Waals surface area contributed by atoms with Crippen molar-refractivity contribution in [2.75, 3.05) is 17.7 Å². The Labute approximate surface area is 130 Å². The summed E-state index contributed by atoms with van der Waals surface area (Å²) in [4.78, 5) is 9.08. The maximum atomic E-state index is 4.56. The molecule has 0 fully saturated rings. The SMILES string of the molecule is CNc1nc(Nc2ccccc2C)nc2ccccc12.Cl. The highest BCUT2D eigenvalue weighted by atomic mass is 35.5. The van der Waals surface area contributed by atoms with E-state index in [-0.39, 0.29) is 12.4 Å². The fraction of sp³-hybridized carbons (Fsp3) is 0.125. The molecule has 0 atom stereocenters. The highest BCUT2D eigenvalue weighted by molar-refractivity contribution is 5.90. The molecule has 108 valence electrons. The highest BCUT2D eigenvalue weighted by Gasteiger charge is 2.07. The monoisotopic (exact) mass is 300 g/mol. The van der Waals surface area contributed by atoms with Gasteiger partial charge in [0.05, 0.1) is 5.52 Å². The largest absolute Gasteiger partial charge is 0.372 e. The van der Waals surface area contributed by atoms with Crippen LogP contribution in [0.25, 0.3) is 10.9 Å². The predicted octanol–water partition coefficient (Wildman–Crippen LogP) is 4.15. The lowest BCUT2D eigenvalue weighted by Gasteiger charge is -2.11. The molecule has 0 bridgehead atoms. The van der Waals surface area contributed by atoms with Gasteiger partial charge >= 0.3 is 0 Å². The van der Waals surface area contributed by atoms with Crippen molar-refractivity contribution in [2.24, 2.45) is 0 Å². The van der Waals surface area contributed by atoms with E-state index in [0.717, 1.165) is 28.0 Å². The maximum absolute atomic E-state index is 4.56. The van der Waals surface area contributed by atoms with E-state index in [0.29, 0.717) is 5.95 Å². The number of benzene rings is 2. The number of para-hydroxylation sites is 2. The molecule has 4 nitrogen and oxygen atoms in total. The van der Waals surface area contributed by atoms with Crippen molar-refractivity contribution in [3.63, 3.8) is 0 Å². The van der Waals surface area contributed by atoms with Crippen LogP contribution in [0, 0.1) is 6.92 Å². The lowest BCUT2D eigenvalue weighted by atomic mass is 10.2. The summed E-state index contributed by atoms with van der Waals surface area (Å²) in [6.45, 7) is 2.06. The van der Waals surface area contributed by atoms with Gasteiger partial charge in [-0.3, -0.25) is 0 Å². The van der Waals surface area contributed by atoms with Gasteiger partial charge in [0.1, 0.15) is 5.82 Å². The Morgan fingerprint density at radius 2 is 1.62 bits per heavy atom. The molecule has 0 radical (unpaired) electrons. The van der Waals surface area contributed by atoms with Crippen molar-refractivity contribution in [1.82, 2.24) is 9.97 Å². The summed E-state index contributed by atoms with van der Waals surface area (Å²) in [7, 11) is 1.87. The number of fused-ring (bicyclic) bond motifs is 1. The molecule has 3 aromatic rings. The number of nitrogens with zero attached hydrogens (tertiary/aromatic N) is 2. The Morgan fingerprint density at radius 1 is 0.905 bits per heavy atom. The summed E-state index contributed by atoms with van der Waals surface area (Å²) in [5.41, 5.74) is 3.10. The lowest BCUT2D eigenvalue weighted by molar-refractivity contribution is 1.20. The highest BCUT2D eigenvalue weighted by Crippen LogP contribution is 2.24. The molecule has 0 aliphatic rings. The molecule has 0 saturated heterocycles. The van der Waals surface area contributed by atoms with Gasteiger partial charge in [0.15, 0.2) is 0 Å². The first-order valence-corrected chi connectivity index (χ1v) is 6.55. The third kappa shape index (κ3) is 3.06. The van der Waals surface area contributed by atoms with Crippen LogP contribution in [0.3, 0.4) is 0 Å². The van der Waals surface area contributed by atoms with E-state index in [1.54, 1.807) is 0 Å². The maximum Gasteiger partial charge on any atom is 0.229 e. The van der Waals surface area contributed by atoms with Crippen molar-refractivity contribution >= 4 is 40.8 Å². The second-order valence-corrected chi connectivity index (χ2v) is 4.60. The molecule has 3 rings (SSSR count). The number of hydrogen-bond acceptors (Lipinski definition) is 4. The molecule has 0 spiro atoms. The van der Waals surface area contributed by atoms with E-state index < -0.39 is 0 Å². The average molecular weight is 301 g/mol. The lowest BCUT2D eigenvalue weighted by Crippen LogP contribution is -2.02. The molecule has 0 amide bonds. The summed E-state index contributed by atoms with van der Waals surface area (Å²) in [5, 5.41) is 7.42. The van der Waals surface area contributed by atoms with Gasteiger partial charge in [0.25, 0.3) is 0 Å². The normalized spacial score (nSPS) is 10.0. The third-order valence-corrected chi connectivity index (χ3v) is 3.23. The van der Waals surface area contributed by atoms with E-state index in [9.17, 15) is 0 Å². The van der Waals surface area contributed by atoms with E-state index >= 15 is 0 Å². The van der Waals surface area contributed by atoms with Gasteiger partial charge < -0.3 is 10.6 Å². The molecule has 2 aromatic carbocycles. The molecule has 0 unspecified atom stereocenters. The van der Waals surface area contributed by atoms with Gasteiger partial charge in [-0.25, -0.2) is 4.98 Å². The summed E-state index contributed by atoms with van der Waals surface area (Å²) in [6, 6.07) is 16.1. The summed E-state index contributed by atoms with van der Waals surface area (Å²) < 4.78 is 0. The number of halogens is 1. The van der Waals surface area contributed by atoms with Crippen LogP contribution in [0.1, 0.15) is 5.56 Å². The summed E-state index contributed by atoms with van der Waals surface area (Å²) >= 11 is 0. The van der Waals surface area contributed by atoms with E-state index in [2.05, 4.69) is 33.6 Å². The summed E-state index contributed by atoms with van der Waals surface area (Å²) in [6.07, 6.45) is 0. The number of rotatable bonds is 3. The standard InChI is InChI=1S/C16H16N4.ClH/c1-11-7-3-5-9-13(11)18-16-19-14-10-6-4-8-12(14)15(17-2)20-16;/h3-10H,1-2H3,(H2,17,18,19,20);1H. The van der Waals surface area contributed by atoms with Crippen molar-refractivity contribution in [2.45, 2.75) is 6.92 Å². The van der Waals surface area contributed by atoms with Gasteiger partial charge in [-0.05, 0) is 30.7 Å². The van der Waals surface area contributed by atoms with Crippen LogP contribution in [0.15, 0.2) is 48.5 Å². The van der Waals surface area contributed by atoms with E-state index in [1.165, 1.54) is 0 Å². The van der Waals surface area contributed by atoms with Crippen LogP contribution >= 0.6 is 12.4 Å². The zero-order valence-electron chi connectivity index (χ0n) is 11.9. The minimum Gasteiger partial charge on any atom is -0.372 e. The average Bonchev–Trinajstić information content (AvgIpc) is 2.49. The number of aryl methyl sites for hydroxylation is 1. The predicted molar refractivity (Wildman–Crippen MR) is 90.8 cm³/mol. The van der Waals surface area contributed by atoms with Gasteiger partial charge in [0, 0.05) is 18.1 Å². The fourth-order valence-corrected chi connectivity index (χ4v) is 2.16. The van der Waals surface area contributed by atoms with Gasteiger partial charge in [0.2, 0.25) is 5.95 Å². The molecule has 21 heavy (non-hydrogen) atoms. The minimum absolute atomic E-state index is 0. The molecule has 5 heteroatoms. The molecule has 1 heterocycles. The molecular formula is C16H17ClN4. The number of hydrogen-bond donors (Lipinski definition) is 2. The minimum atomic E-state index is 0. The molecular weight excluding hydrogens is 284 g/mol. The summed E-state index contributed by atoms with van der Waals surface area (Å²) in [5.74, 6) is 1.43. The van der Waals surface area contributed by atoms with Crippen molar-refractivity contribution in [3.8, 4) is 0 Å². The smallest absolute Gasteiger partial charge is 0.229 e. The first kappa shape index (κ1) is 15.1. The zero-order chi connectivity index (χ0) is 13.9. The Hall–Kier alpha value is -2.33. The second-order valence-electron chi connectivity index (χ2n) is 4.60. The van der Waals surface area contributed by atoms with Crippen LogP contribution in [-0.4, -0.2) is 17.0 Å². The zero-order valence-corrected chi connectivity index (χ0v) is 12.7. The molecule has 0 saturated carbocycles. The second kappa shape index (κ2) is 6.41. The van der Waals surface area contributed by atoms with Crippen LogP contribution in [0.2, 0.25) is 0 Å². The van der Waals surface area contributed by atoms with Gasteiger partial charge in [-0.2, -0.15) is 4.98 Å². The Morgan fingerprint density at radius 3 is 2.38 bits per heavy atom.